The third-order valence-electron chi connectivity index (χ3n) is 2.21. The van der Waals surface area contributed by atoms with Crippen LogP contribution in [0, 0.1) is 0 Å². The first-order valence-corrected chi connectivity index (χ1v) is 5.29. The SMILES string of the molecule is COC(=O)CNC(C)C(=O)Nc1ccccc1. The molecule has 0 bridgehead atoms. The molecule has 17 heavy (non-hydrogen) atoms. The largest absolute Gasteiger partial charge is 0.468 e. The van der Waals surface area contributed by atoms with E-state index in [1.807, 2.05) is 18.2 Å². The summed E-state index contributed by atoms with van der Waals surface area (Å²) in [6, 6.07) is 8.67. The van der Waals surface area contributed by atoms with Crippen LogP contribution in [0.1, 0.15) is 6.92 Å². The summed E-state index contributed by atoms with van der Waals surface area (Å²) in [5.74, 6) is -0.593. The number of carbonyl (C=O) groups excluding carboxylic acids is 2. The average Bonchev–Trinajstić information content (AvgIpc) is 2.36. The molecular weight excluding hydrogens is 220 g/mol. The molecule has 0 saturated carbocycles. The predicted octanol–water partition coefficient (Wildman–Crippen LogP) is 0.776. The zero-order valence-corrected chi connectivity index (χ0v) is 9.90. The topological polar surface area (TPSA) is 67.4 Å². The van der Waals surface area contributed by atoms with Crippen LogP contribution in [-0.4, -0.2) is 31.6 Å². The van der Waals surface area contributed by atoms with Crippen molar-refractivity contribution >= 4 is 17.6 Å². The Morgan fingerprint density at radius 3 is 2.53 bits per heavy atom. The Bertz CT molecular complexity index is 379. The van der Waals surface area contributed by atoms with Gasteiger partial charge in [-0.2, -0.15) is 0 Å². The van der Waals surface area contributed by atoms with Gasteiger partial charge in [0.05, 0.1) is 19.7 Å². The van der Waals surface area contributed by atoms with Gasteiger partial charge in [-0.1, -0.05) is 18.2 Å². The normalized spacial score (nSPS) is 11.6. The van der Waals surface area contributed by atoms with Gasteiger partial charge in [-0.05, 0) is 19.1 Å². The van der Waals surface area contributed by atoms with Crippen molar-refractivity contribution in [3.63, 3.8) is 0 Å². The lowest BCUT2D eigenvalue weighted by molar-refractivity contribution is -0.139. The lowest BCUT2D eigenvalue weighted by Gasteiger charge is -2.13. The number of carbonyl (C=O) groups is 2. The molecule has 0 spiro atoms. The Morgan fingerprint density at radius 2 is 1.94 bits per heavy atom. The molecule has 1 rings (SSSR count). The van der Waals surface area contributed by atoms with Crippen molar-refractivity contribution in [2.75, 3.05) is 19.0 Å². The summed E-state index contributed by atoms with van der Waals surface area (Å²) in [6.45, 7) is 1.70. The minimum Gasteiger partial charge on any atom is -0.468 e. The second-order valence-electron chi connectivity index (χ2n) is 3.53. The van der Waals surface area contributed by atoms with Crippen molar-refractivity contribution in [3.05, 3.63) is 30.3 Å². The fourth-order valence-electron chi connectivity index (χ4n) is 1.17. The van der Waals surface area contributed by atoms with E-state index in [-0.39, 0.29) is 12.5 Å². The fraction of sp³-hybridized carbons (Fsp3) is 0.333. The van der Waals surface area contributed by atoms with Gasteiger partial charge in [0, 0.05) is 5.69 Å². The van der Waals surface area contributed by atoms with E-state index in [1.165, 1.54) is 7.11 Å². The fourth-order valence-corrected chi connectivity index (χ4v) is 1.17. The highest BCUT2D eigenvalue weighted by molar-refractivity contribution is 5.94. The van der Waals surface area contributed by atoms with Crippen molar-refractivity contribution < 1.29 is 14.3 Å². The summed E-state index contributed by atoms with van der Waals surface area (Å²) in [5, 5.41) is 5.50. The molecule has 0 radical (unpaired) electrons. The van der Waals surface area contributed by atoms with Gasteiger partial charge in [-0.15, -0.1) is 0 Å². The van der Waals surface area contributed by atoms with Crippen molar-refractivity contribution in [1.29, 1.82) is 0 Å². The summed E-state index contributed by atoms with van der Waals surface area (Å²) in [7, 11) is 1.30. The lowest BCUT2D eigenvalue weighted by Crippen LogP contribution is -2.40. The van der Waals surface area contributed by atoms with Crippen LogP contribution < -0.4 is 10.6 Å². The molecule has 1 aromatic rings. The molecule has 0 fully saturated rings. The zero-order valence-electron chi connectivity index (χ0n) is 9.90. The maximum atomic E-state index is 11.7. The van der Waals surface area contributed by atoms with Crippen LogP contribution in [0.3, 0.4) is 0 Å². The summed E-state index contributed by atoms with van der Waals surface area (Å²) < 4.78 is 4.47. The van der Waals surface area contributed by atoms with Crippen molar-refractivity contribution in [3.8, 4) is 0 Å². The maximum Gasteiger partial charge on any atom is 0.319 e. The molecule has 92 valence electrons. The molecular formula is C12H16N2O3. The maximum absolute atomic E-state index is 11.7. The molecule has 1 unspecified atom stereocenters. The van der Waals surface area contributed by atoms with E-state index in [4.69, 9.17) is 0 Å². The van der Waals surface area contributed by atoms with E-state index in [9.17, 15) is 9.59 Å². The summed E-state index contributed by atoms with van der Waals surface area (Å²) in [4.78, 5) is 22.6. The van der Waals surface area contributed by atoms with Crippen LogP contribution in [-0.2, 0) is 14.3 Å². The number of hydrogen-bond donors (Lipinski definition) is 2. The van der Waals surface area contributed by atoms with Crippen molar-refractivity contribution in [1.82, 2.24) is 5.32 Å². The number of nitrogens with one attached hydrogen (secondary N) is 2. The summed E-state index contributed by atoms with van der Waals surface area (Å²) in [5.41, 5.74) is 0.726. The molecule has 5 nitrogen and oxygen atoms in total. The van der Waals surface area contributed by atoms with Gasteiger partial charge < -0.3 is 10.1 Å². The van der Waals surface area contributed by atoms with E-state index < -0.39 is 12.0 Å². The summed E-state index contributed by atoms with van der Waals surface area (Å²) in [6.07, 6.45) is 0. The molecule has 0 aliphatic carbocycles. The molecule has 5 heteroatoms. The predicted molar refractivity (Wildman–Crippen MR) is 64.6 cm³/mol. The average molecular weight is 236 g/mol. The third kappa shape index (κ3) is 4.65. The molecule has 1 amide bonds. The minimum absolute atomic E-state index is 0.0138. The molecule has 0 aliphatic rings. The number of esters is 1. The van der Waals surface area contributed by atoms with E-state index in [0.29, 0.717) is 0 Å². The van der Waals surface area contributed by atoms with E-state index in [1.54, 1.807) is 19.1 Å². The molecule has 1 atom stereocenters. The molecule has 1 aromatic carbocycles. The van der Waals surface area contributed by atoms with Gasteiger partial charge in [0.1, 0.15) is 0 Å². The molecule has 0 heterocycles. The van der Waals surface area contributed by atoms with Gasteiger partial charge in [0.15, 0.2) is 0 Å². The Balaban J connectivity index is 2.40. The second kappa shape index (κ2) is 6.65. The van der Waals surface area contributed by atoms with Crippen LogP contribution in [0.25, 0.3) is 0 Å². The molecule has 0 saturated heterocycles. The third-order valence-corrected chi connectivity index (χ3v) is 2.21. The highest BCUT2D eigenvalue weighted by Crippen LogP contribution is 2.05. The number of amides is 1. The highest BCUT2D eigenvalue weighted by atomic mass is 16.5. The summed E-state index contributed by atoms with van der Waals surface area (Å²) >= 11 is 0. The standard InChI is InChI=1S/C12H16N2O3/c1-9(13-8-11(15)17-2)12(16)14-10-6-4-3-5-7-10/h3-7,9,13H,8H2,1-2H3,(H,14,16). The Hall–Kier alpha value is -1.88. The first-order valence-electron chi connectivity index (χ1n) is 5.29. The van der Waals surface area contributed by atoms with Crippen LogP contribution in [0.5, 0.6) is 0 Å². The molecule has 2 N–H and O–H groups in total. The minimum atomic E-state index is -0.464. The number of benzene rings is 1. The van der Waals surface area contributed by atoms with E-state index >= 15 is 0 Å². The molecule has 0 aromatic heterocycles. The van der Waals surface area contributed by atoms with Crippen LogP contribution >= 0.6 is 0 Å². The van der Waals surface area contributed by atoms with Gasteiger partial charge >= 0.3 is 5.97 Å². The van der Waals surface area contributed by atoms with Crippen molar-refractivity contribution in [2.24, 2.45) is 0 Å². The quantitative estimate of drug-likeness (QED) is 0.741. The number of methoxy groups -OCH3 is 1. The van der Waals surface area contributed by atoms with Gasteiger partial charge in [0.2, 0.25) is 5.91 Å². The Labute approximate surface area is 100 Å². The van der Waals surface area contributed by atoms with Gasteiger partial charge in [0.25, 0.3) is 0 Å². The molecule has 0 aliphatic heterocycles. The zero-order chi connectivity index (χ0) is 12.7. The van der Waals surface area contributed by atoms with E-state index in [0.717, 1.165) is 5.69 Å². The smallest absolute Gasteiger partial charge is 0.319 e. The van der Waals surface area contributed by atoms with Crippen LogP contribution in [0.2, 0.25) is 0 Å². The first kappa shape index (κ1) is 13.2. The number of hydrogen-bond acceptors (Lipinski definition) is 4. The van der Waals surface area contributed by atoms with Crippen LogP contribution in [0.4, 0.5) is 5.69 Å². The first-order chi connectivity index (χ1) is 8.13. The Morgan fingerprint density at radius 1 is 1.29 bits per heavy atom. The highest BCUT2D eigenvalue weighted by Gasteiger charge is 2.13. The number of anilines is 1. The number of rotatable bonds is 5. The Kier molecular flexibility index (Phi) is 5.16. The number of ether oxygens (including phenoxy) is 1. The lowest BCUT2D eigenvalue weighted by atomic mass is 10.2. The van der Waals surface area contributed by atoms with E-state index in [2.05, 4.69) is 15.4 Å². The van der Waals surface area contributed by atoms with Crippen molar-refractivity contribution in [2.45, 2.75) is 13.0 Å². The van der Waals surface area contributed by atoms with Gasteiger partial charge in [-0.25, -0.2) is 0 Å². The van der Waals surface area contributed by atoms with Crippen LogP contribution in [0.15, 0.2) is 30.3 Å². The monoisotopic (exact) mass is 236 g/mol. The number of para-hydroxylation sites is 1. The second-order valence-corrected chi connectivity index (χ2v) is 3.53. The van der Waals surface area contributed by atoms with Gasteiger partial charge in [-0.3, -0.25) is 14.9 Å².